The van der Waals surface area contributed by atoms with Gasteiger partial charge in [-0.1, -0.05) is 12.1 Å². The van der Waals surface area contributed by atoms with E-state index in [9.17, 15) is 20.2 Å². The van der Waals surface area contributed by atoms with E-state index in [2.05, 4.69) is 0 Å². The fraction of sp³-hybridized carbons (Fsp3) is 0.300. The van der Waals surface area contributed by atoms with Crippen LogP contribution in [0.1, 0.15) is 22.5 Å². The molecule has 2 aromatic rings. The Bertz CT molecular complexity index is 953. The number of hydrogen-bond acceptors (Lipinski definition) is 6. The topological polar surface area (TPSA) is 107 Å². The van der Waals surface area contributed by atoms with E-state index in [4.69, 9.17) is 9.47 Å². The van der Waals surface area contributed by atoms with E-state index >= 15 is 0 Å². The Kier molecular flexibility index (Phi) is 7.07. The summed E-state index contributed by atoms with van der Waals surface area (Å²) in [5.41, 5.74) is 2.89. The van der Waals surface area contributed by atoms with E-state index in [0.29, 0.717) is 18.7 Å². The third-order valence-corrected chi connectivity index (χ3v) is 4.26. The highest BCUT2D eigenvalue weighted by atomic mass is 16.6. The molecule has 0 amide bonds. The Labute approximate surface area is 162 Å². The van der Waals surface area contributed by atoms with Gasteiger partial charge in [0.15, 0.2) is 0 Å². The van der Waals surface area contributed by atoms with Gasteiger partial charge in [0.1, 0.15) is 18.2 Å². The van der Waals surface area contributed by atoms with Crippen LogP contribution in [0.2, 0.25) is 0 Å². The van der Waals surface area contributed by atoms with Crippen LogP contribution in [0.5, 0.6) is 0 Å². The number of hydrogen-bond donors (Lipinski definition) is 0. The molecule has 0 atom stereocenters. The molecule has 0 aliphatic heterocycles. The average molecular weight is 383 g/mol. The number of aromatic nitrogens is 1. The van der Waals surface area contributed by atoms with Gasteiger partial charge in [-0.05, 0) is 37.1 Å². The zero-order chi connectivity index (χ0) is 20.7. The molecule has 1 heterocycles. The lowest BCUT2D eigenvalue weighted by atomic mass is 10.1. The molecule has 1 aromatic carbocycles. The summed E-state index contributed by atoms with van der Waals surface area (Å²) in [6.07, 6.45) is 1.49. The lowest BCUT2D eigenvalue weighted by Crippen LogP contribution is -2.08. The Hall–Kier alpha value is -3.44. The molecular weight excluding hydrogens is 362 g/mol. The maximum Gasteiger partial charge on any atom is 0.349 e. The fourth-order valence-corrected chi connectivity index (χ4v) is 2.78. The van der Waals surface area contributed by atoms with Crippen molar-refractivity contribution in [2.45, 2.75) is 27.0 Å². The first-order valence-corrected chi connectivity index (χ1v) is 8.55. The number of nitrogens with zero attached hydrogens (tertiary/aromatic N) is 3. The first-order chi connectivity index (χ1) is 13.4. The zero-order valence-corrected chi connectivity index (χ0v) is 16.0. The summed E-state index contributed by atoms with van der Waals surface area (Å²) >= 11 is 0. The highest BCUT2D eigenvalue weighted by Gasteiger charge is 2.15. The van der Waals surface area contributed by atoms with Gasteiger partial charge in [-0.15, -0.1) is 0 Å². The summed E-state index contributed by atoms with van der Waals surface area (Å²) in [6, 6.07) is 9.54. The summed E-state index contributed by atoms with van der Waals surface area (Å²) in [5, 5.41) is 20.2. The van der Waals surface area contributed by atoms with E-state index in [0.717, 1.165) is 17.0 Å². The van der Waals surface area contributed by atoms with Crippen molar-refractivity contribution >= 4 is 17.7 Å². The third kappa shape index (κ3) is 5.05. The Morgan fingerprint density at radius 1 is 1.36 bits per heavy atom. The van der Waals surface area contributed by atoms with Crippen molar-refractivity contribution in [3.63, 3.8) is 0 Å². The normalized spacial score (nSPS) is 11.1. The molecule has 0 saturated carbocycles. The van der Waals surface area contributed by atoms with Gasteiger partial charge in [-0.2, -0.15) is 5.26 Å². The van der Waals surface area contributed by atoms with Crippen LogP contribution in [0.3, 0.4) is 0 Å². The highest BCUT2D eigenvalue weighted by Crippen LogP contribution is 2.19. The van der Waals surface area contributed by atoms with Gasteiger partial charge in [0.2, 0.25) is 0 Å². The molecule has 0 spiro atoms. The number of methoxy groups -OCH3 is 1. The number of nitriles is 1. The Morgan fingerprint density at radius 3 is 2.75 bits per heavy atom. The first kappa shape index (κ1) is 20.9. The lowest BCUT2D eigenvalue weighted by molar-refractivity contribution is -0.384. The largest absolute Gasteiger partial charge is 0.457 e. The van der Waals surface area contributed by atoms with Crippen molar-refractivity contribution in [2.75, 3.05) is 13.7 Å². The molecule has 146 valence electrons. The molecule has 8 heteroatoms. The van der Waals surface area contributed by atoms with Gasteiger partial charge in [-0.3, -0.25) is 10.1 Å². The number of ether oxygens (including phenoxy) is 2. The maximum atomic E-state index is 12.3. The predicted octanol–water partition coefficient (Wildman–Crippen LogP) is 3.31. The van der Waals surface area contributed by atoms with Crippen molar-refractivity contribution in [2.24, 2.45) is 0 Å². The van der Waals surface area contributed by atoms with Crippen LogP contribution in [0.15, 0.2) is 35.9 Å². The summed E-state index contributed by atoms with van der Waals surface area (Å²) in [7, 11) is 1.63. The van der Waals surface area contributed by atoms with Crippen molar-refractivity contribution < 1.29 is 19.2 Å². The third-order valence-electron chi connectivity index (χ3n) is 4.26. The van der Waals surface area contributed by atoms with Gasteiger partial charge in [0, 0.05) is 37.2 Å². The van der Waals surface area contributed by atoms with E-state index in [1.807, 2.05) is 30.6 Å². The van der Waals surface area contributed by atoms with Crippen LogP contribution in [-0.2, 0) is 27.4 Å². The summed E-state index contributed by atoms with van der Waals surface area (Å²) in [4.78, 5) is 22.6. The number of carbonyl (C=O) groups excluding carboxylic acids is 1. The molecule has 0 unspecified atom stereocenters. The van der Waals surface area contributed by atoms with Crippen LogP contribution in [0, 0.1) is 35.3 Å². The summed E-state index contributed by atoms with van der Waals surface area (Å²) < 4.78 is 12.3. The minimum Gasteiger partial charge on any atom is -0.457 e. The molecule has 1 aromatic heterocycles. The highest BCUT2D eigenvalue weighted by molar-refractivity contribution is 5.98. The molecule has 28 heavy (non-hydrogen) atoms. The predicted molar refractivity (Wildman–Crippen MR) is 102 cm³/mol. The van der Waals surface area contributed by atoms with E-state index in [1.165, 1.54) is 24.3 Å². The van der Waals surface area contributed by atoms with Gasteiger partial charge in [-0.25, -0.2) is 4.79 Å². The van der Waals surface area contributed by atoms with Gasteiger partial charge >= 0.3 is 5.97 Å². The number of esters is 1. The van der Waals surface area contributed by atoms with Gasteiger partial charge in [0.05, 0.1) is 11.5 Å². The van der Waals surface area contributed by atoms with E-state index in [-0.39, 0.29) is 17.9 Å². The molecule has 0 saturated heterocycles. The molecule has 0 N–H and O–H groups in total. The smallest absolute Gasteiger partial charge is 0.349 e. The molecule has 0 radical (unpaired) electrons. The maximum absolute atomic E-state index is 12.3. The quantitative estimate of drug-likeness (QED) is 0.227. The standard InChI is InChI=1S/C20H21N3O5/c1-14-9-17(15(2)22(14)7-8-27-3)11-18(12-21)20(24)28-13-16-5-4-6-19(10-16)23(25)26/h4-6,9-11H,7-8,13H2,1-3H3/b18-11+. The first-order valence-electron chi connectivity index (χ1n) is 8.55. The number of rotatable bonds is 8. The number of non-ortho nitro benzene ring substituents is 1. The van der Waals surface area contributed by atoms with Crippen molar-refractivity contribution in [1.29, 1.82) is 5.26 Å². The minimum atomic E-state index is -0.782. The fourth-order valence-electron chi connectivity index (χ4n) is 2.78. The van der Waals surface area contributed by atoms with Crippen molar-refractivity contribution in [1.82, 2.24) is 4.57 Å². The number of aryl methyl sites for hydroxylation is 1. The van der Waals surface area contributed by atoms with E-state index < -0.39 is 10.9 Å². The molecule has 2 rings (SSSR count). The minimum absolute atomic E-state index is 0.0897. The summed E-state index contributed by atoms with van der Waals surface area (Å²) in [5.74, 6) is -0.782. The van der Waals surface area contributed by atoms with Crippen LogP contribution in [0.4, 0.5) is 5.69 Å². The summed E-state index contributed by atoms with van der Waals surface area (Å²) in [6.45, 7) is 4.90. The number of nitro groups is 1. The van der Waals surface area contributed by atoms with Gasteiger partial charge < -0.3 is 14.0 Å². The Morgan fingerprint density at radius 2 is 2.11 bits per heavy atom. The second kappa shape index (κ2) is 9.48. The zero-order valence-electron chi connectivity index (χ0n) is 16.0. The molecule has 0 aliphatic carbocycles. The van der Waals surface area contributed by atoms with Crippen LogP contribution in [0.25, 0.3) is 6.08 Å². The van der Waals surface area contributed by atoms with Gasteiger partial charge in [0.25, 0.3) is 5.69 Å². The van der Waals surface area contributed by atoms with E-state index in [1.54, 1.807) is 13.2 Å². The molecule has 8 nitrogen and oxygen atoms in total. The lowest BCUT2D eigenvalue weighted by Gasteiger charge is -2.08. The van der Waals surface area contributed by atoms with Crippen LogP contribution < -0.4 is 0 Å². The van der Waals surface area contributed by atoms with Crippen molar-refractivity contribution in [3.8, 4) is 6.07 Å². The number of carbonyl (C=O) groups is 1. The number of nitro benzene ring substituents is 1. The molecule has 0 fully saturated rings. The molecular formula is C20H21N3O5. The average Bonchev–Trinajstić information content (AvgIpc) is 2.95. The van der Waals surface area contributed by atoms with Crippen LogP contribution in [-0.4, -0.2) is 29.2 Å². The molecule has 0 aliphatic rings. The van der Waals surface area contributed by atoms with Crippen LogP contribution >= 0.6 is 0 Å². The second-order valence-corrected chi connectivity index (χ2v) is 6.14. The SMILES string of the molecule is COCCn1c(C)cc(/C=C(\C#N)C(=O)OCc2cccc([N+](=O)[O-])c2)c1C. The molecule has 0 bridgehead atoms. The monoisotopic (exact) mass is 383 g/mol. The Balaban J connectivity index is 2.14. The second-order valence-electron chi connectivity index (χ2n) is 6.14. The number of benzene rings is 1. The van der Waals surface area contributed by atoms with Crippen molar-refractivity contribution in [3.05, 3.63) is 68.5 Å².